The first-order valence-electron chi connectivity index (χ1n) is 13.2. The van der Waals surface area contributed by atoms with Gasteiger partial charge in [-0.15, -0.1) is 0 Å². The second kappa shape index (κ2) is 28.8. The normalized spacial score (nSPS) is 13.0. The van der Waals surface area contributed by atoms with Crippen molar-refractivity contribution in [1.29, 1.82) is 0 Å². The zero-order valence-electron chi connectivity index (χ0n) is 20.5. The molecule has 2 unspecified atom stereocenters. The van der Waals surface area contributed by atoms with Crippen molar-refractivity contribution >= 4 is 0 Å². The van der Waals surface area contributed by atoms with Gasteiger partial charge in [0.25, 0.3) is 0 Å². The van der Waals surface area contributed by atoms with E-state index in [9.17, 15) is 10.2 Å². The maximum absolute atomic E-state index is 9.49. The monoisotopic (exact) mass is 432 g/mol. The summed E-state index contributed by atoms with van der Waals surface area (Å²) in [5.41, 5.74) is 0. The Balaban J connectivity index is 0. The fourth-order valence-electron chi connectivity index (χ4n) is 3.71. The second-order valence-corrected chi connectivity index (χ2v) is 8.86. The molecule has 4 N–H and O–H groups in total. The molecule has 184 valence electrons. The van der Waals surface area contributed by atoms with Gasteiger partial charge in [-0.3, -0.25) is 0 Å². The molecule has 0 saturated carbocycles. The Morgan fingerprint density at radius 1 is 0.400 bits per heavy atom. The van der Waals surface area contributed by atoms with Gasteiger partial charge in [-0.05, 0) is 38.5 Å². The zero-order chi connectivity index (χ0) is 22.7. The number of unbranched alkanes of at least 4 members (excludes halogenated alkanes) is 12. The lowest BCUT2D eigenvalue weighted by Gasteiger charge is -2.08. The van der Waals surface area contributed by atoms with Crippen LogP contribution in [0, 0.1) is 0 Å². The minimum absolute atomic E-state index is 0.0654. The minimum Gasteiger partial charge on any atom is -0.396 e. The molecule has 0 fully saturated rings. The number of hydrogen-bond acceptors (Lipinski definition) is 4. The molecule has 4 nitrogen and oxygen atoms in total. The van der Waals surface area contributed by atoms with E-state index in [0.29, 0.717) is 13.2 Å². The third-order valence-electron chi connectivity index (χ3n) is 5.63. The average Bonchev–Trinajstić information content (AvgIpc) is 2.73. The van der Waals surface area contributed by atoms with E-state index in [1.54, 1.807) is 0 Å². The van der Waals surface area contributed by atoms with E-state index in [1.807, 2.05) is 0 Å². The zero-order valence-corrected chi connectivity index (χ0v) is 20.5. The summed E-state index contributed by atoms with van der Waals surface area (Å²) in [4.78, 5) is 0. The summed E-state index contributed by atoms with van der Waals surface area (Å²) in [6.45, 7) is 4.90. The van der Waals surface area contributed by atoms with E-state index in [2.05, 4.69) is 13.8 Å². The quantitative estimate of drug-likeness (QED) is 0.147. The molecule has 0 rings (SSSR count). The lowest BCUT2D eigenvalue weighted by Crippen LogP contribution is -2.04. The average molecular weight is 433 g/mol. The van der Waals surface area contributed by atoms with Gasteiger partial charge in [-0.2, -0.15) is 0 Å². The van der Waals surface area contributed by atoms with Crippen molar-refractivity contribution in [2.24, 2.45) is 0 Å². The van der Waals surface area contributed by atoms with E-state index >= 15 is 0 Å². The molecule has 0 saturated heterocycles. The molecular formula is C26H56O4. The Morgan fingerprint density at radius 3 is 0.933 bits per heavy atom. The third-order valence-corrected chi connectivity index (χ3v) is 5.63. The summed E-state index contributed by atoms with van der Waals surface area (Å²) in [5.74, 6) is 0. The standard InChI is InChI=1S/2C13H28O2/c2*1-2-10-13(15)11-8-6-4-3-5-7-9-12-14/h2*13-15H,2-12H2,1H3. The molecule has 0 aliphatic rings. The molecule has 0 spiro atoms. The fraction of sp³-hybridized carbons (Fsp3) is 1.00. The summed E-state index contributed by atoms with van der Waals surface area (Å²) >= 11 is 0. The predicted molar refractivity (Wildman–Crippen MR) is 130 cm³/mol. The number of rotatable bonds is 22. The molecule has 4 heteroatoms. The van der Waals surface area contributed by atoms with Crippen LogP contribution in [-0.2, 0) is 0 Å². The van der Waals surface area contributed by atoms with Crippen LogP contribution < -0.4 is 0 Å². The van der Waals surface area contributed by atoms with Gasteiger partial charge in [-0.25, -0.2) is 0 Å². The minimum atomic E-state index is -0.0654. The van der Waals surface area contributed by atoms with Crippen molar-refractivity contribution in [2.45, 2.75) is 154 Å². The van der Waals surface area contributed by atoms with Gasteiger partial charge in [0.15, 0.2) is 0 Å². The highest BCUT2D eigenvalue weighted by Gasteiger charge is 2.02. The Bertz CT molecular complexity index is 258. The fourth-order valence-corrected chi connectivity index (χ4v) is 3.71. The van der Waals surface area contributed by atoms with Gasteiger partial charge in [0.05, 0.1) is 12.2 Å². The smallest absolute Gasteiger partial charge is 0.0540 e. The highest BCUT2D eigenvalue weighted by Crippen LogP contribution is 2.12. The Hall–Kier alpha value is -0.160. The first-order valence-corrected chi connectivity index (χ1v) is 13.2. The van der Waals surface area contributed by atoms with Crippen molar-refractivity contribution in [3.05, 3.63) is 0 Å². The lowest BCUT2D eigenvalue weighted by atomic mass is 10.0. The summed E-state index contributed by atoms with van der Waals surface area (Å²) < 4.78 is 0. The van der Waals surface area contributed by atoms with Crippen LogP contribution >= 0.6 is 0 Å². The van der Waals surface area contributed by atoms with Crippen LogP contribution in [0.2, 0.25) is 0 Å². The lowest BCUT2D eigenvalue weighted by molar-refractivity contribution is 0.149. The van der Waals surface area contributed by atoms with Crippen molar-refractivity contribution < 1.29 is 20.4 Å². The highest BCUT2D eigenvalue weighted by molar-refractivity contribution is 4.56. The Kier molecular flexibility index (Phi) is 30.8. The second-order valence-electron chi connectivity index (χ2n) is 8.86. The van der Waals surface area contributed by atoms with E-state index in [0.717, 1.165) is 64.2 Å². The first kappa shape index (κ1) is 32.0. The molecule has 0 radical (unpaired) electrons. The molecule has 0 aromatic heterocycles. The van der Waals surface area contributed by atoms with Gasteiger partial charge in [0.2, 0.25) is 0 Å². The number of aliphatic hydroxyl groups is 4. The predicted octanol–water partition coefficient (Wildman–Crippen LogP) is 6.52. The van der Waals surface area contributed by atoms with E-state index in [1.165, 1.54) is 64.2 Å². The maximum atomic E-state index is 9.49. The van der Waals surface area contributed by atoms with Crippen LogP contribution in [0.1, 0.15) is 142 Å². The van der Waals surface area contributed by atoms with E-state index in [4.69, 9.17) is 10.2 Å². The number of aliphatic hydroxyl groups excluding tert-OH is 4. The molecule has 0 bridgehead atoms. The SMILES string of the molecule is CCCC(O)CCCCCCCCCO.CCCC(O)CCCCCCCCCO. The molecule has 0 aliphatic heterocycles. The molecule has 0 aromatic rings. The Labute approximate surface area is 188 Å². The highest BCUT2D eigenvalue weighted by atomic mass is 16.3. The van der Waals surface area contributed by atoms with Crippen LogP contribution in [0.3, 0.4) is 0 Å². The molecule has 0 heterocycles. The molecule has 2 atom stereocenters. The van der Waals surface area contributed by atoms with Gasteiger partial charge in [-0.1, -0.05) is 104 Å². The summed E-state index contributed by atoms with van der Waals surface area (Å²) in [7, 11) is 0. The van der Waals surface area contributed by atoms with Gasteiger partial charge >= 0.3 is 0 Å². The van der Waals surface area contributed by atoms with Crippen LogP contribution in [-0.4, -0.2) is 45.8 Å². The van der Waals surface area contributed by atoms with E-state index < -0.39 is 0 Å². The van der Waals surface area contributed by atoms with Crippen LogP contribution in [0.15, 0.2) is 0 Å². The third kappa shape index (κ3) is 30.0. The summed E-state index contributed by atoms with van der Waals surface area (Å²) in [6, 6.07) is 0. The van der Waals surface area contributed by atoms with Crippen molar-refractivity contribution in [1.82, 2.24) is 0 Å². The van der Waals surface area contributed by atoms with Gasteiger partial charge in [0.1, 0.15) is 0 Å². The van der Waals surface area contributed by atoms with Crippen molar-refractivity contribution in [2.75, 3.05) is 13.2 Å². The first-order chi connectivity index (χ1) is 14.6. The van der Waals surface area contributed by atoms with Crippen LogP contribution in [0.4, 0.5) is 0 Å². The largest absolute Gasteiger partial charge is 0.396 e. The van der Waals surface area contributed by atoms with E-state index in [-0.39, 0.29) is 12.2 Å². The van der Waals surface area contributed by atoms with Crippen LogP contribution in [0.5, 0.6) is 0 Å². The summed E-state index contributed by atoms with van der Waals surface area (Å²) in [5, 5.41) is 36.2. The summed E-state index contributed by atoms with van der Waals surface area (Å²) in [6.07, 6.45) is 22.6. The van der Waals surface area contributed by atoms with Gasteiger partial charge < -0.3 is 20.4 Å². The Morgan fingerprint density at radius 2 is 0.667 bits per heavy atom. The molecule has 0 aliphatic carbocycles. The van der Waals surface area contributed by atoms with Crippen molar-refractivity contribution in [3.63, 3.8) is 0 Å². The molecule has 30 heavy (non-hydrogen) atoms. The van der Waals surface area contributed by atoms with Crippen molar-refractivity contribution in [3.8, 4) is 0 Å². The molecule has 0 amide bonds. The topological polar surface area (TPSA) is 80.9 Å². The molecular weight excluding hydrogens is 376 g/mol. The number of hydrogen-bond donors (Lipinski definition) is 4. The maximum Gasteiger partial charge on any atom is 0.0540 e. The van der Waals surface area contributed by atoms with Gasteiger partial charge in [0, 0.05) is 13.2 Å². The van der Waals surface area contributed by atoms with Crippen LogP contribution in [0.25, 0.3) is 0 Å². The molecule has 0 aromatic carbocycles.